The molecule has 0 amide bonds. The molecule has 314 valence electrons. The monoisotopic (exact) mass is 812 g/mol. The lowest BCUT2D eigenvalue weighted by molar-refractivity contribution is -0.00811. The zero-order chi connectivity index (χ0) is 43.8. The van der Waals surface area contributed by atoms with Crippen LogP contribution < -0.4 is 0 Å². The topological polar surface area (TPSA) is 61.8 Å². The van der Waals surface area contributed by atoms with Crippen LogP contribution in [0, 0.1) is 0 Å². The maximum Gasteiger partial charge on any atom is 0.339 e. The molecule has 0 saturated carbocycles. The Bertz CT molecular complexity index is 2390. The Hall–Kier alpha value is -5.62. The molecule has 0 atom stereocenters. The molecule has 3 aliphatic heterocycles. The third-order valence-corrected chi connectivity index (χ3v) is 12.7. The fourth-order valence-corrected chi connectivity index (χ4v) is 9.25. The second-order valence-electron chi connectivity index (χ2n) is 19.1. The third kappa shape index (κ3) is 8.78. The van der Waals surface area contributed by atoms with Crippen molar-refractivity contribution >= 4 is 11.8 Å². The number of ketones is 1. The van der Waals surface area contributed by atoms with Crippen molar-refractivity contribution in [2.75, 3.05) is 0 Å². The molecule has 61 heavy (non-hydrogen) atoms. The number of carbonyl (C=O) groups is 2. The molecule has 2 aliphatic carbocycles. The van der Waals surface area contributed by atoms with E-state index in [1.807, 2.05) is 50.2 Å². The van der Waals surface area contributed by atoms with Crippen molar-refractivity contribution in [3.8, 4) is 11.1 Å². The lowest BCUT2D eigenvalue weighted by Crippen LogP contribution is -2.15. The molecule has 0 fully saturated rings. The normalized spacial score (nSPS) is 18.5. The van der Waals surface area contributed by atoms with Gasteiger partial charge in [-0.3, -0.25) is 4.79 Å². The quantitative estimate of drug-likeness (QED) is 0.143. The number of carbonyl (C=O) groups excluding carboxylic acids is 2. The summed E-state index contributed by atoms with van der Waals surface area (Å²) in [5.74, 6) is 0.0752. The van der Waals surface area contributed by atoms with Gasteiger partial charge < -0.3 is 14.2 Å². The maximum atomic E-state index is 11.5. The minimum absolute atomic E-state index is 0.0493. The highest BCUT2D eigenvalue weighted by Gasteiger charge is 2.38. The zero-order valence-corrected chi connectivity index (χ0v) is 37.5. The molecule has 0 saturated heterocycles. The van der Waals surface area contributed by atoms with Crippen LogP contribution in [0.3, 0.4) is 0 Å². The van der Waals surface area contributed by atoms with Crippen LogP contribution in [0.1, 0.15) is 141 Å². The van der Waals surface area contributed by atoms with Crippen LogP contribution in [0.25, 0.3) is 11.1 Å². The molecule has 0 spiro atoms. The van der Waals surface area contributed by atoms with E-state index in [2.05, 4.69) is 159 Å². The van der Waals surface area contributed by atoms with Crippen LogP contribution in [-0.2, 0) is 55.1 Å². The van der Waals surface area contributed by atoms with Gasteiger partial charge in [0.1, 0.15) is 5.60 Å². The lowest BCUT2D eigenvalue weighted by Gasteiger charge is -2.20. The van der Waals surface area contributed by atoms with Gasteiger partial charge in [0.2, 0.25) is 0 Å². The van der Waals surface area contributed by atoms with Gasteiger partial charge in [0.15, 0.2) is 5.78 Å². The Morgan fingerprint density at radius 2 is 0.738 bits per heavy atom. The first-order valence-corrected chi connectivity index (χ1v) is 21.4. The molecular formula is C56H60O5. The highest BCUT2D eigenvalue weighted by Crippen LogP contribution is 2.48. The molecule has 0 radical (unpaired) electrons. The first kappa shape index (κ1) is 43.5. The summed E-state index contributed by atoms with van der Waals surface area (Å²) in [6.07, 6.45) is 0.659. The Morgan fingerprint density at radius 3 is 1.16 bits per heavy atom. The van der Waals surface area contributed by atoms with Crippen LogP contribution in [0.5, 0.6) is 0 Å². The molecule has 0 bridgehead atoms. The van der Waals surface area contributed by atoms with Crippen LogP contribution >= 0.6 is 0 Å². The van der Waals surface area contributed by atoms with E-state index in [1.165, 1.54) is 50.1 Å². The van der Waals surface area contributed by atoms with Crippen molar-refractivity contribution in [3.05, 3.63) is 201 Å². The van der Waals surface area contributed by atoms with E-state index in [1.54, 1.807) is 6.07 Å². The van der Waals surface area contributed by atoms with E-state index in [9.17, 15) is 9.59 Å². The van der Waals surface area contributed by atoms with Gasteiger partial charge >= 0.3 is 5.97 Å². The lowest BCUT2D eigenvalue weighted by atomic mass is 9.82. The summed E-state index contributed by atoms with van der Waals surface area (Å²) in [6, 6.07) is 49.6. The minimum atomic E-state index is -0.451. The summed E-state index contributed by atoms with van der Waals surface area (Å²) in [6.45, 7) is 22.6. The number of hydrogen-bond donors (Lipinski definition) is 0. The Balaban J connectivity index is 0.000000116. The first-order valence-electron chi connectivity index (χ1n) is 21.4. The second kappa shape index (κ2) is 16.7. The number of cyclic esters (lactones) is 1. The summed E-state index contributed by atoms with van der Waals surface area (Å²) < 4.78 is 16.4. The molecule has 6 aromatic carbocycles. The summed E-state index contributed by atoms with van der Waals surface area (Å²) in [4.78, 5) is 22.7. The number of Topliss-reactive ketones (excluding diaryl/α,β-unsaturated/α-hetero) is 1. The van der Waals surface area contributed by atoms with Crippen molar-refractivity contribution < 1.29 is 23.8 Å². The van der Waals surface area contributed by atoms with Gasteiger partial charge in [-0.2, -0.15) is 0 Å². The average molecular weight is 813 g/mol. The van der Waals surface area contributed by atoms with E-state index in [4.69, 9.17) is 14.2 Å². The number of rotatable bonds is 0. The Kier molecular flexibility index (Phi) is 11.9. The van der Waals surface area contributed by atoms with E-state index < -0.39 is 5.60 Å². The molecule has 5 heteroatoms. The van der Waals surface area contributed by atoms with Crippen LogP contribution in [0.2, 0.25) is 0 Å². The minimum Gasteiger partial charge on any atom is -0.451 e. The summed E-state index contributed by atoms with van der Waals surface area (Å²) in [5.41, 5.74) is 14.4. The van der Waals surface area contributed by atoms with Gasteiger partial charge in [-0.25, -0.2) is 4.79 Å². The van der Waals surface area contributed by atoms with Crippen molar-refractivity contribution in [1.82, 2.24) is 0 Å². The predicted octanol–water partition coefficient (Wildman–Crippen LogP) is 13.5. The van der Waals surface area contributed by atoms with Gasteiger partial charge in [-0.1, -0.05) is 167 Å². The van der Waals surface area contributed by atoms with Gasteiger partial charge in [-0.05, 0) is 103 Å². The molecule has 11 rings (SSSR count). The molecule has 0 N–H and O–H groups in total. The number of hydrogen-bond acceptors (Lipinski definition) is 5. The summed E-state index contributed by atoms with van der Waals surface area (Å²) in [7, 11) is 0. The Labute approximate surface area is 363 Å². The molecule has 0 aromatic heterocycles. The maximum absolute atomic E-state index is 11.5. The van der Waals surface area contributed by atoms with Gasteiger partial charge in [-0.15, -0.1) is 0 Å². The zero-order valence-electron chi connectivity index (χ0n) is 37.5. The standard InChI is InChI=1S/C15H14.C11H12O.C10H10O2.2C10H12O/c1-15(2)13-9-5-3-7-11(13)12-8-4-6-10-14(12)15;1-11(2)7-10(12)8-5-3-4-6-9(8)11;1-10(2)8-6-4-3-5-7(8)9(11)12-10;2*1-10(2)9-6-4-3-5-8(9)7-11-10/h3-10H,1-2H3;3-6H,7H2,1-2H3;3-6H,1-2H3;2*3-6H,7H2,1-2H3. The van der Waals surface area contributed by atoms with E-state index in [0.717, 1.165) is 24.3 Å². The molecule has 3 heterocycles. The molecule has 5 aliphatic rings. The van der Waals surface area contributed by atoms with Crippen molar-refractivity contribution in [2.24, 2.45) is 0 Å². The second-order valence-corrected chi connectivity index (χ2v) is 19.1. The van der Waals surface area contributed by atoms with Crippen LogP contribution in [0.15, 0.2) is 146 Å². The van der Waals surface area contributed by atoms with Crippen molar-refractivity contribution in [3.63, 3.8) is 0 Å². The third-order valence-electron chi connectivity index (χ3n) is 12.7. The first-order chi connectivity index (χ1) is 28.8. The largest absolute Gasteiger partial charge is 0.451 e. The predicted molar refractivity (Wildman–Crippen MR) is 246 cm³/mol. The van der Waals surface area contributed by atoms with Crippen LogP contribution in [0.4, 0.5) is 0 Å². The smallest absolute Gasteiger partial charge is 0.339 e. The van der Waals surface area contributed by atoms with Crippen molar-refractivity contribution in [1.29, 1.82) is 0 Å². The fourth-order valence-electron chi connectivity index (χ4n) is 9.25. The average Bonchev–Trinajstić information content (AvgIpc) is 3.96. The van der Waals surface area contributed by atoms with E-state index in [0.29, 0.717) is 12.0 Å². The number of esters is 1. The van der Waals surface area contributed by atoms with E-state index in [-0.39, 0.29) is 33.8 Å². The highest BCUT2D eigenvalue weighted by atomic mass is 16.6. The molecule has 5 nitrogen and oxygen atoms in total. The van der Waals surface area contributed by atoms with Gasteiger partial charge in [0.05, 0.1) is 30.0 Å². The SMILES string of the molecule is CC1(C)CC(=O)c2ccccc21.CC1(C)OC(=O)c2ccccc21.CC1(C)OCc2ccccc21.CC1(C)OCc2ccccc21.CC1(C)c2ccccc2-c2ccccc21. The van der Waals surface area contributed by atoms with Gasteiger partial charge in [0, 0.05) is 23.0 Å². The molecule has 0 unspecified atom stereocenters. The number of fused-ring (bicyclic) bond motifs is 7. The van der Waals surface area contributed by atoms with Crippen LogP contribution in [-0.4, -0.2) is 11.8 Å². The van der Waals surface area contributed by atoms with Crippen molar-refractivity contribution in [2.45, 2.75) is 117 Å². The fraction of sp³-hybridized carbons (Fsp3) is 0.321. The Morgan fingerprint density at radius 1 is 0.377 bits per heavy atom. The number of ether oxygens (including phenoxy) is 3. The summed E-state index contributed by atoms with van der Waals surface area (Å²) >= 11 is 0. The summed E-state index contributed by atoms with van der Waals surface area (Å²) in [5, 5.41) is 0. The highest BCUT2D eigenvalue weighted by molar-refractivity contribution is 6.02. The number of benzene rings is 6. The van der Waals surface area contributed by atoms with E-state index >= 15 is 0 Å². The molecular weight excluding hydrogens is 753 g/mol. The van der Waals surface area contributed by atoms with Gasteiger partial charge in [0.25, 0.3) is 0 Å². The molecule has 6 aromatic rings.